The fraction of sp³-hybridized carbons (Fsp3) is 0. The molecule has 0 atom stereocenters. The van der Waals surface area contributed by atoms with E-state index in [1.807, 2.05) is 24.3 Å². The summed E-state index contributed by atoms with van der Waals surface area (Å²) in [6.07, 6.45) is 0. The molecule has 0 fully saturated rings. The summed E-state index contributed by atoms with van der Waals surface area (Å²) in [5.74, 6) is 0.704. The van der Waals surface area contributed by atoms with Crippen molar-refractivity contribution in [2.24, 2.45) is 0 Å². The Kier molecular flexibility index (Phi) is 3.17. The van der Waals surface area contributed by atoms with E-state index in [-0.39, 0.29) is 5.75 Å². The molecule has 6 nitrogen and oxygen atoms in total. The van der Waals surface area contributed by atoms with Gasteiger partial charge in [-0.05, 0) is 35.5 Å². The summed E-state index contributed by atoms with van der Waals surface area (Å²) in [5, 5.41) is 24.8. The van der Waals surface area contributed by atoms with Gasteiger partial charge >= 0.3 is 0 Å². The number of hydrogen-bond acceptors (Lipinski definition) is 5. The number of rotatable bonds is 2. The Morgan fingerprint density at radius 2 is 1.91 bits per heavy atom. The molecule has 0 amide bonds. The van der Waals surface area contributed by atoms with Gasteiger partial charge in [-0.15, -0.1) is 10.2 Å². The zero-order valence-corrected chi connectivity index (χ0v) is 12.5. The summed E-state index contributed by atoms with van der Waals surface area (Å²) in [6.45, 7) is 0. The van der Waals surface area contributed by atoms with Crippen molar-refractivity contribution in [2.75, 3.05) is 0 Å². The zero-order valence-electron chi connectivity index (χ0n) is 11.7. The van der Waals surface area contributed by atoms with Crippen molar-refractivity contribution in [1.29, 1.82) is 0 Å². The quantitative estimate of drug-likeness (QED) is 0.590. The van der Waals surface area contributed by atoms with E-state index in [4.69, 9.17) is 11.6 Å². The first-order valence-corrected chi connectivity index (χ1v) is 7.22. The lowest BCUT2D eigenvalue weighted by molar-refractivity contribution is 0.476. The highest BCUT2D eigenvalue weighted by molar-refractivity contribution is 6.33. The van der Waals surface area contributed by atoms with Crippen molar-refractivity contribution in [3.05, 3.63) is 53.6 Å². The number of phenols is 1. The Hall–Kier alpha value is -2.99. The number of hydrogen-bond donors (Lipinski definition) is 2. The van der Waals surface area contributed by atoms with Gasteiger partial charge in [-0.1, -0.05) is 29.8 Å². The van der Waals surface area contributed by atoms with E-state index in [1.54, 1.807) is 24.3 Å². The van der Waals surface area contributed by atoms with Crippen molar-refractivity contribution < 1.29 is 5.11 Å². The molecule has 0 radical (unpaired) electrons. The summed E-state index contributed by atoms with van der Waals surface area (Å²) in [5.41, 5.74) is 3.14. The second-order valence-corrected chi connectivity index (χ2v) is 5.41. The maximum atomic E-state index is 9.51. The van der Waals surface area contributed by atoms with Gasteiger partial charge in [0.05, 0.1) is 16.2 Å². The molecule has 4 aromatic rings. The third-order valence-electron chi connectivity index (χ3n) is 3.52. The second-order valence-electron chi connectivity index (χ2n) is 5.00. The van der Waals surface area contributed by atoms with Crippen LogP contribution in [-0.4, -0.2) is 30.7 Å². The number of H-pyrrole nitrogens is 1. The molecular formula is C16H10ClN5O. The molecule has 2 N–H and O–H groups in total. The average molecular weight is 324 g/mol. The van der Waals surface area contributed by atoms with Gasteiger partial charge in [0.25, 0.3) is 0 Å². The molecule has 112 valence electrons. The van der Waals surface area contributed by atoms with Crippen molar-refractivity contribution >= 4 is 22.5 Å². The topological polar surface area (TPSA) is 87.6 Å². The van der Waals surface area contributed by atoms with Crippen LogP contribution in [0, 0.1) is 0 Å². The van der Waals surface area contributed by atoms with Gasteiger partial charge in [-0.25, -0.2) is 4.98 Å². The van der Waals surface area contributed by atoms with Crippen molar-refractivity contribution in [3.8, 4) is 28.4 Å². The van der Waals surface area contributed by atoms with Gasteiger partial charge < -0.3 is 5.11 Å². The maximum absolute atomic E-state index is 9.51. The van der Waals surface area contributed by atoms with Gasteiger partial charge in [0.2, 0.25) is 5.82 Å². The van der Waals surface area contributed by atoms with E-state index in [2.05, 4.69) is 25.6 Å². The molecular weight excluding hydrogens is 314 g/mol. The Bertz CT molecular complexity index is 1000. The molecule has 2 heterocycles. The Balaban J connectivity index is 1.79. The number of nitrogens with one attached hydrogen (secondary N) is 1. The SMILES string of the molecule is Oc1ccc2nc(-c3ccc(-c4nn[nH]n4)cc3Cl)ccc2c1. The van der Waals surface area contributed by atoms with Crippen LogP contribution in [0.3, 0.4) is 0 Å². The molecule has 0 aliphatic rings. The van der Waals surface area contributed by atoms with Crippen LogP contribution in [0.15, 0.2) is 48.5 Å². The number of benzene rings is 2. The first kappa shape index (κ1) is 13.7. The predicted molar refractivity (Wildman–Crippen MR) is 87.0 cm³/mol. The molecule has 0 aliphatic heterocycles. The summed E-state index contributed by atoms with van der Waals surface area (Å²) >= 11 is 6.39. The molecule has 0 spiro atoms. The maximum Gasteiger partial charge on any atom is 0.204 e. The minimum Gasteiger partial charge on any atom is -0.508 e. The van der Waals surface area contributed by atoms with Crippen LogP contribution in [0.5, 0.6) is 5.75 Å². The van der Waals surface area contributed by atoms with Gasteiger partial charge in [0.1, 0.15) is 5.75 Å². The van der Waals surface area contributed by atoms with Gasteiger partial charge in [0.15, 0.2) is 0 Å². The molecule has 0 saturated carbocycles. The third kappa shape index (κ3) is 2.49. The fourth-order valence-corrected chi connectivity index (χ4v) is 2.69. The van der Waals surface area contributed by atoms with E-state index >= 15 is 0 Å². The van der Waals surface area contributed by atoms with Crippen LogP contribution in [0.1, 0.15) is 0 Å². The van der Waals surface area contributed by atoms with E-state index in [1.165, 1.54) is 0 Å². The second kappa shape index (κ2) is 5.33. The number of aromatic nitrogens is 5. The molecule has 2 aromatic carbocycles. The number of aromatic amines is 1. The number of pyridine rings is 1. The van der Waals surface area contributed by atoms with Crippen LogP contribution in [-0.2, 0) is 0 Å². The average Bonchev–Trinajstić information content (AvgIpc) is 3.09. The fourth-order valence-electron chi connectivity index (χ4n) is 2.41. The molecule has 0 bridgehead atoms. The molecule has 23 heavy (non-hydrogen) atoms. The molecule has 0 aliphatic carbocycles. The highest BCUT2D eigenvalue weighted by Crippen LogP contribution is 2.31. The Morgan fingerprint density at radius 3 is 2.70 bits per heavy atom. The van der Waals surface area contributed by atoms with Crippen molar-refractivity contribution in [2.45, 2.75) is 0 Å². The number of nitrogens with zero attached hydrogens (tertiary/aromatic N) is 4. The lowest BCUT2D eigenvalue weighted by Crippen LogP contribution is -1.88. The van der Waals surface area contributed by atoms with Crippen LogP contribution in [0.25, 0.3) is 33.5 Å². The lowest BCUT2D eigenvalue weighted by atomic mass is 10.1. The van der Waals surface area contributed by atoms with Crippen LogP contribution in [0.4, 0.5) is 0 Å². The first-order chi connectivity index (χ1) is 11.2. The highest BCUT2D eigenvalue weighted by Gasteiger charge is 2.10. The standard InChI is InChI=1S/C16H10ClN5O/c17-13-8-10(16-19-21-22-20-16)1-4-12(13)15-5-2-9-7-11(23)3-6-14(9)18-15/h1-8,23H,(H,19,20,21,22). The van der Waals surface area contributed by atoms with Crippen LogP contribution < -0.4 is 0 Å². The molecule has 2 aromatic heterocycles. The normalized spacial score (nSPS) is 11.0. The minimum absolute atomic E-state index is 0.217. The number of phenolic OH excluding ortho intramolecular Hbond substituents is 1. The van der Waals surface area contributed by atoms with Crippen LogP contribution in [0.2, 0.25) is 5.02 Å². The number of halogens is 1. The Morgan fingerprint density at radius 1 is 1.00 bits per heavy atom. The van der Waals surface area contributed by atoms with E-state index in [0.717, 1.165) is 27.7 Å². The van der Waals surface area contributed by atoms with Gasteiger partial charge in [0, 0.05) is 16.5 Å². The van der Waals surface area contributed by atoms with Crippen molar-refractivity contribution in [3.63, 3.8) is 0 Å². The third-order valence-corrected chi connectivity index (χ3v) is 3.83. The van der Waals surface area contributed by atoms with E-state index < -0.39 is 0 Å². The summed E-state index contributed by atoms with van der Waals surface area (Å²) in [4.78, 5) is 4.59. The monoisotopic (exact) mass is 323 g/mol. The summed E-state index contributed by atoms with van der Waals surface area (Å²) in [6, 6.07) is 14.4. The lowest BCUT2D eigenvalue weighted by Gasteiger charge is -2.07. The van der Waals surface area contributed by atoms with E-state index in [9.17, 15) is 5.11 Å². The number of fused-ring (bicyclic) bond motifs is 1. The molecule has 7 heteroatoms. The van der Waals surface area contributed by atoms with Gasteiger partial charge in [-0.2, -0.15) is 5.21 Å². The summed E-state index contributed by atoms with van der Waals surface area (Å²) < 4.78 is 0. The number of aromatic hydroxyl groups is 1. The highest BCUT2D eigenvalue weighted by atomic mass is 35.5. The minimum atomic E-state index is 0.217. The zero-order chi connectivity index (χ0) is 15.8. The van der Waals surface area contributed by atoms with E-state index in [0.29, 0.717) is 10.8 Å². The Labute approximate surface area is 135 Å². The first-order valence-electron chi connectivity index (χ1n) is 6.84. The van der Waals surface area contributed by atoms with Crippen LogP contribution >= 0.6 is 11.6 Å². The molecule has 4 rings (SSSR count). The molecule has 0 saturated heterocycles. The van der Waals surface area contributed by atoms with Crippen molar-refractivity contribution in [1.82, 2.24) is 25.6 Å². The number of tetrazole rings is 1. The molecule has 0 unspecified atom stereocenters. The smallest absolute Gasteiger partial charge is 0.204 e. The largest absolute Gasteiger partial charge is 0.508 e. The summed E-state index contributed by atoms with van der Waals surface area (Å²) in [7, 11) is 0. The van der Waals surface area contributed by atoms with Gasteiger partial charge in [-0.3, -0.25) is 0 Å². The predicted octanol–water partition coefficient (Wildman–Crippen LogP) is 3.44.